The van der Waals surface area contributed by atoms with E-state index in [4.69, 9.17) is 11.6 Å². The molecule has 0 amide bonds. The monoisotopic (exact) mass is 329 g/mol. The van der Waals surface area contributed by atoms with Crippen LogP contribution in [0.15, 0.2) is 26.6 Å². The first kappa shape index (κ1) is 12.1. The molecule has 6 heteroatoms. The number of amidine groups is 2. The highest BCUT2D eigenvalue weighted by Gasteiger charge is 2.38. The standard InChI is InChI=1S/C12H10BrClFN3/c1-12(2)5-18-10(17-12)6-3-4-7(13)8(15)9(6)16-11(18)14/h3-4H,5H2,1-2H3. The van der Waals surface area contributed by atoms with Gasteiger partial charge in [0.2, 0.25) is 5.29 Å². The van der Waals surface area contributed by atoms with E-state index in [9.17, 15) is 4.39 Å². The molecule has 0 aromatic heterocycles. The lowest BCUT2D eigenvalue weighted by Gasteiger charge is -2.25. The van der Waals surface area contributed by atoms with E-state index in [0.29, 0.717) is 22.4 Å². The van der Waals surface area contributed by atoms with E-state index in [1.165, 1.54) is 0 Å². The molecular weight excluding hydrogens is 321 g/mol. The topological polar surface area (TPSA) is 28.0 Å². The summed E-state index contributed by atoms with van der Waals surface area (Å²) in [6, 6.07) is 3.47. The number of hydrogen-bond donors (Lipinski definition) is 0. The van der Waals surface area contributed by atoms with Gasteiger partial charge < -0.3 is 0 Å². The predicted octanol–water partition coefficient (Wildman–Crippen LogP) is 3.67. The normalized spacial score (nSPS) is 20.2. The van der Waals surface area contributed by atoms with Crippen molar-refractivity contribution in [2.75, 3.05) is 6.54 Å². The maximum absolute atomic E-state index is 14.0. The number of fused-ring (bicyclic) bond motifs is 3. The van der Waals surface area contributed by atoms with Crippen molar-refractivity contribution in [3.8, 4) is 0 Å². The molecule has 0 spiro atoms. The molecule has 0 atom stereocenters. The van der Waals surface area contributed by atoms with Crippen LogP contribution < -0.4 is 0 Å². The molecule has 3 rings (SSSR count). The summed E-state index contributed by atoms with van der Waals surface area (Å²) in [5.41, 5.74) is 0.698. The van der Waals surface area contributed by atoms with Gasteiger partial charge in [-0.05, 0) is 53.5 Å². The van der Waals surface area contributed by atoms with Crippen molar-refractivity contribution in [1.82, 2.24) is 4.90 Å². The van der Waals surface area contributed by atoms with Gasteiger partial charge in [-0.3, -0.25) is 9.89 Å². The first-order chi connectivity index (χ1) is 8.39. The van der Waals surface area contributed by atoms with Crippen molar-refractivity contribution >= 4 is 44.3 Å². The fraction of sp³-hybridized carbons (Fsp3) is 0.333. The average Bonchev–Trinajstić information content (AvgIpc) is 2.61. The Morgan fingerprint density at radius 3 is 2.89 bits per heavy atom. The molecular formula is C12H10BrClFN3. The Kier molecular flexibility index (Phi) is 2.54. The van der Waals surface area contributed by atoms with Gasteiger partial charge in [-0.1, -0.05) is 0 Å². The summed E-state index contributed by atoms with van der Waals surface area (Å²) in [5, 5.41) is 0.267. The summed E-state index contributed by atoms with van der Waals surface area (Å²) in [4.78, 5) is 10.6. The van der Waals surface area contributed by atoms with Gasteiger partial charge in [0.05, 0.1) is 16.6 Å². The van der Waals surface area contributed by atoms with Gasteiger partial charge in [0.25, 0.3) is 0 Å². The minimum atomic E-state index is -0.405. The van der Waals surface area contributed by atoms with Crippen LogP contribution in [0, 0.1) is 5.82 Å². The lowest BCUT2D eigenvalue weighted by molar-refractivity contribution is 0.475. The van der Waals surface area contributed by atoms with Crippen molar-refractivity contribution < 1.29 is 4.39 Å². The van der Waals surface area contributed by atoms with Crippen molar-refractivity contribution in [3.05, 3.63) is 28.0 Å². The Hall–Kier alpha value is -0.940. The highest BCUT2D eigenvalue weighted by molar-refractivity contribution is 9.10. The van der Waals surface area contributed by atoms with E-state index in [1.54, 1.807) is 6.07 Å². The number of nitrogens with zero attached hydrogens (tertiary/aromatic N) is 3. The molecule has 2 heterocycles. The summed E-state index contributed by atoms with van der Waals surface area (Å²) >= 11 is 9.26. The highest BCUT2D eigenvalue weighted by atomic mass is 79.9. The lowest BCUT2D eigenvalue weighted by Crippen LogP contribution is -2.37. The fourth-order valence-corrected chi connectivity index (χ4v) is 2.73. The van der Waals surface area contributed by atoms with Gasteiger partial charge in [-0.2, -0.15) is 0 Å². The first-order valence-corrected chi connectivity index (χ1v) is 6.66. The van der Waals surface area contributed by atoms with Crippen LogP contribution >= 0.6 is 27.5 Å². The molecule has 1 aromatic carbocycles. The third-order valence-electron chi connectivity index (χ3n) is 2.95. The van der Waals surface area contributed by atoms with Crippen LogP contribution in [0.2, 0.25) is 0 Å². The summed E-state index contributed by atoms with van der Waals surface area (Å²) in [5.74, 6) is 0.291. The zero-order valence-electron chi connectivity index (χ0n) is 9.84. The average molecular weight is 331 g/mol. The number of halogens is 3. The molecule has 0 radical (unpaired) electrons. The van der Waals surface area contributed by atoms with Gasteiger partial charge in [-0.25, -0.2) is 9.38 Å². The first-order valence-electron chi connectivity index (χ1n) is 5.49. The number of aliphatic imine (C=N–C) groups is 2. The maximum atomic E-state index is 14.0. The zero-order valence-corrected chi connectivity index (χ0v) is 12.2. The van der Waals surface area contributed by atoms with Crippen molar-refractivity contribution in [2.24, 2.45) is 9.98 Å². The largest absolute Gasteiger partial charge is 0.298 e. The molecule has 2 aliphatic heterocycles. The van der Waals surface area contributed by atoms with Crippen LogP contribution in [-0.4, -0.2) is 28.1 Å². The van der Waals surface area contributed by atoms with Crippen molar-refractivity contribution in [2.45, 2.75) is 19.4 Å². The van der Waals surface area contributed by atoms with Gasteiger partial charge in [-0.15, -0.1) is 0 Å². The fourth-order valence-electron chi connectivity index (χ4n) is 2.18. The molecule has 2 aliphatic rings. The molecule has 0 saturated heterocycles. The number of hydrogen-bond acceptors (Lipinski definition) is 3. The third-order valence-corrected chi connectivity index (χ3v) is 3.85. The summed E-state index contributed by atoms with van der Waals surface area (Å²) < 4.78 is 14.4. The predicted molar refractivity (Wildman–Crippen MR) is 74.4 cm³/mol. The van der Waals surface area contributed by atoms with E-state index in [1.807, 2.05) is 24.8 Å². The molecule has 0 saturated carbocycles. The van der Waals surface area contributed by atoms with E-state index < -0.39 is 5.82 Å². The maximum Gasteiger partial charge on any atom is 0.205 e. The van der Waals surface area contributed by atoms with Gasteiger partial charge >= 0.3 is 0 Å². The van der Waals surface area contributed by atoms with E-state index in [-0.39, 0.29) is 16.5 Å². The molecule has 0 unspecified atom stereocenters. The van der Waals surface area contributed by atoms with Crippen LogP contribution in [0.5, 0.6) is 0 Å². The van der Waals surface area contributed by atoms with Crippen LogP contribution in [0.4, 0.5) is 10.1 Å². The Labute approximate surface area is 117 Å². The Bertz CT molecular complexity index is 610. The third kappa shape index (κ3) is 1.68. The van der Waals surface area contributed by atoms with E-state index in [2.05, 4.69) is 25.9 Å². The molecule has 0 bridgehead atoms. The number of rotatable bonds is 0. The second-order valence-electron chi connectivity index (χ2n) is 4.97. The van der Waals surface area contributed by atoms with Crippen LogP contribution in [0.1, 0.15) is 19.4 Å². The Morgan fingerprint density at radius 2 is 2.17 bits per heavy atom. The van der Waals surface area contributed by atoms with Crippen molar-refractivity contribution in [1.29, 1.82) is 0 Å². The molecule has 18 heavy (non-hydrogen) atoms. The van der Waals surface area contributed by atoms with Crippen LogP contribution in [-0.2, 0) is 0 Å². The Balaban J connectivity index is 2.27. The molecule has 0 fully saturated rings. The summed E-state index contributed by atoms with van der Waals surface area (Å²) in [6.45, 7) is 4.68. The van der Waals surface area contributed by atoms with Crippen LogP contribution in [0.25, 0.3) is 0 Å². The van der Waals surface area contributed by atoms with E-state index >= 15 is 0 Å². The SMILES string of the molecule is CC1(C)CN2C(Cl)=Nc3c(ccc(Br)c3F)C2=N1. The smallest absolute Gasteiger partial charge is 0.205 e. The molecule has 1 aromatic rings. The molecule has 94 valence electrons. The van der Waals surface area contributed by atoms with Gasteiger partial charge in [0.1, 0.15) is 11.5 Å². The Morgan fingerprint density at radius 1 is 1.44 bits per heavy atom. The summed E-state index contributed by atoms with van der Waals surface area (Å²) in [7, 11) is 0. The quantitative estimate of drug-likeness (QED) is 0.667. The van der Waals surface area contributed by atoms with Gasteiger partial charge in [0.15, 0.2) is 5.82 Å². The molecule has 0 N–H and O–H groups in total. The summed E-state index contributed by atoms with van der Waals surface area (Å²) in [6.07, 6.45) is 0. The highest BCUT2D eigenvalue weighted by Crippen LogP contribution is 2.37. The number of benzene rings is 1. The zero-order chi connectivity index (χ0) is 13.1. The van der Waals surface area contributed by atoms with Crippen molar-refractivity contribution in [3.63, 3.8) is 0 Å². The van der Waals surface area contributed by atoms with E-state index in [0.717, 1.165) is 0 Å². The van der Waals surface area contributed by atoms with Crippen LogP contribution in [0.3, 0.4) is 0 Å². The molecule has 0 aliphatic carbocycles. The molecule has 3 nitrogen and oxygen atoms in total. The van der Waals surface area contributed by atoms with Gasteiger partial charge in [0, 0.05) is 5.56 Å². The minimum absolute atomic E-state index is 0.240. The second kappa shape index (κ2) is 3.78. The second-order valence-corrected chi connectivity index (χ2v) is 6.16. The lowest BCUT2D eigenvalue weighted by atomic mass is 10.1. The minimum Gasteiger partial charge on any atom is -0.298 e.